The second-order valence-electron chi connectivity index (χ2n) is 5.33. The Hall–Kier alpha value is -1.42. The summed E-state index contributed by atoms with van der Waals surface area (Å²) in [6.07, 6.45) is 1.72. The third kappa shape index (κ3) is 8.00. The molecule has 5 nitrogen and oxygen atoms in total. The minimum atomic E-state index is -0.304. The predicted octanol–water partition coefficient (Wildman–Crippen LogP) is 3.73. The van der Waals surface area contributed by atoms with Gasteiger partial charge in [-0.1, -0.05) is 6.07 Å². The zero-order chi connectivity index (χ0) is 17.4. The van der Waals surface area contributed by atoms with Gasteiger partial charge in [0.2, 0.25) is 0 Å². The van der Waals surface area contributed by atoms with Crippen molar-refractivity contribution in [2.24, 2.45) is 4.99 Å². The average Bonchev–Trinajstić information content (AvgIpc) is 2.95. The van der Waals surface area contributed by atoms with Crippen LogP contribution in [0.4, 0.5) is 4.39 Å². The van der Waals surface area contributed by atoms with Crippen LogP contribution in [0, 0.1) is 12.7 Å². The van der Waals surface area contributed by atoms with E-state index in [2.05, 4.69) is 20.6 Å². The summed E-state index contributed by atoms with van der Waals surface area (Å²) in [7, 11) is 0. The average molecular weight is 478 g/mol. The van der Waals surface area contributed by atoms with Crippen molar-refractivity contribution < 1.29 is 9.13 Å². The number of aromatic nitrogens is 1. The SMILES string of the molecule is CCNC(=NCc1ncc(C)s1)NCC(C)Oc1cccc(F)c1.I. The summed E-state index contributed by atoms with van der Waals surface area (Å²) in [5, 5.41) is 7.40. The molecule has 0 spiro atoms. The number of guanidine groups is 1. The van der Waals surface area contributed by atoms with E-state index >= 15 is 0 Å². The molecule has 0 amide bonds. The minimum absolute atomic E-state index is 0. The molecule has 2 aromatic rings. The Morgan fingerprint density at radius 2 is 2.20 bits per heavy atom. The van der Waals surface area contributed by atoms with E-state index in [9.17, 15) is 4.39 Å². The summed E-state index contributed by atoms with van der Waals surface area (Å²) < 4.78 is 18.9. The Balaban J connectivity index is 0.00000312. The van der Waals surface area contributed by atoms with E-state index in [1.165, 1.54) is 17.0 Å². The normalized spacial score (nSPS) is 12.2. The monoisotopic (exact) mass is 478 g/mol. The zero-order valence-electron chi connectivity index (χ0n) is 14.6. The summed E-state index contributed by atoms with van der Waals surface area (Å²) >= 11 is 1.64. The molecule has 0 aliphatic rings. The quantitative estimate of drug-likeness (QED) is 0.362. The molecule has 1 heterocycles. The molecule has 0 saturated carbocycles. The molecule has 0 aliphatic carbocycles. The Bertz CT molecular complexity index is 680. The molecule has 1 atom stereocenters. The van der Waals surface area contributed by atoms with Gasteiger partial charge >= 0.3 is 0 Å². The van der Waals surface area contributed by atoms with Crippen molar-refractivity contribution in [2.45, 2.75) is 33.4 Å². The van der Waals surface area contributed by atoms with Crippen LogP contribution in [0.3, 0.4) is 0 Å². The molecule has 8 heteroatoms. The first-order valence-electron chi connectivity index (χ1n) is 7.92. The van der Waals surface area contributed by atoms with Gasteiger partial charge in [-0.2, -0.15) is 0 Å². The van der Waals surface area contributed by atoms with Gasteiger partial charge in [0.25, 0.3) is 0 Å². The van der Waals surface area contributed by atoms with Gasteiger partial charge in [0.15, 0.2) is 5.96 Å². The van der Waals surface area contributed by atoms with Gasteiger partial charge in [-0.05, 0) is 32.9 Å². The highest BCUT2D eigenvalue weighted by Gasteiger charge is 2.07. The third-order valence-electron chi connectivity index (χ3n) is 3.08. The van der Waals surface area contributed by atoms with Gasteiger partial charge in [0.1, 0.15) is 22.7 Å². The van der Waals surface area contributed by atoms with Crippen LogP contribution in [-0.2, 0) is 6.54 Å². The number of aliphatic imine (C=N–C) groups is 1. The molecule has 0 radical (unpaired) electrons. The summed E-state index contributed by atoms with van der Waals surface area (Å²) in [6, 6.07) is 6.14. The molecule has 1 aromatic heterocycles. The fourth-order valence-electron chi connectivity index (χ4n) is 2.02. The number of thiazole rings is 1. The van der Waals surface area contributed by atoms with Crippen molar-refractivity contribution in [1.29, 1.82) is 0 Å². The van der Waals surface area contributed by atoms with Gasteiger partial charge in [0, 0.05) is 23.7 Å². The summed E-state index contributed by atoms with van der Waals surface area (Å²) in [6.45, 7) is 7.82. The lowest BCUT2D eigenvalue weighted by atomic mass is 10.3. The zero-order valence-corrected chi connectivity index (χ0v) is 17.7. The molecule has 0 saturated heterocycles. The van der Waals surface area contributed by atoms with E-state index in [-0.39, 0.29) is 35.9 Å². The van der Waals surface area contributed by atoms with E-state index in [1.807, 2.05) is 27.0 Å². The largest absolute Gasteiger partial charge is 0.489 e. The Kier molecular flexibility index (Phi) is 9.73. The van der Waals surface area contributed by atoms with Crippen molar-refractivity contribution in [3.8, 4) is 5.75 Å². The van der Waals surface area contributed by atoms with Gasteiger partial charge in [-0.3, -0.25) is 0 Å². The molecule has 1 aromatic carbocycles. The van der Waals surface area contributed by atoms with E-state index < -0.39 is 0 Å². The van der Waals surface area contributed by atoms with Crippen molar-refractivity contribution in [3.05, 3.63) is 46.2 Å². The van der Waals surface area contributed by atoms with Crippen LogP contribution in [0.25, 0.3) is 0 Å². The first kappa shape index (κ1) is 21.6. The molecule has 1 unspecified atom stereocenters. The van der Waals surface area contributed by atoms with Crippen LogP contribution in [0.5, 0.6) is 5.75 Å². The summed E-state index contributed by atoms with van der Waals surface area (Å²) in [4.78, 5) is 10.00. The second kappa shape index (κ2) is 11.2. The highest BCUT2D eigenvalue weighted by molar-refractivity contribution is 14.0. The van der Waals surface area contributed by atoms with Crippen LogP contribution in [0.2, 0.25) is 0 Å². The molecule has 0 fully saturated rings. The van der Waals surface area contributed by atoms with Crippen molar-refractivity contribution in [2.75, 3.05) is 13.1 Å². The minimum Gasteiger partial charge on any atom is -0.489 e. The molecular formula is C17H24FIN4OS. The van der Waals surface area contributed by atoms with Gasteiger partial charge in [-0.15, -0.1) is 35.3 Å². The van der Waals surface area contributed by atoms with Crippen LogP contribution in [-0.4, -0.2) is 30.1 Å². The van der Waals surface area contributed by atoms with Crippen LogP contribution in [0.1, 0.15) is 23.7 Å². The maximum absolute atomic E-state index is 13.2. The molecule has 2 rings (SSSR count). The van der Waals surface area contributed by atoms with E-state index in [0.717, 1.165) is 11.6 Å². The van der Waals surface area contributed by atoms with Crippen LogP contribution < -0.4 is 15.4 Å². The molecule has 0 bridgehead atoms. The highest BCUT2D eigenvalue weighted by atomic mass is 127. The van der Waals surface area contributed by atoms with Crippen molar-refractivity contribution in [1.82, 2.24) is 15.6 Å². The maximum Gasteiger partial charge on any atom is 0.191 e. The van der Waals surface area contributed by atoms with Crippen molar-refractivity contribution >= 4 is 41.3 Å². The first-order valence-corrected chi connectivity index (χ1v) is 8.74. The molecule has 138 valence electrons. The number of hydrogen-bond donors (Lipinski definition) is 2. The molecule has 25 heavy (non-hydrogen) atoms. The first-order chi connectivity index (χ1) is 11.6. The number of aryl methyl sites for hydroxylation is 1. The van der Waals surface area contributed by atoms with Crippen LogP contribution in [0.15, 0.2) is 35.5 Å². The lowest BCUT2D eigenvalue weighted by molar-refractivity contribution is 0.223. The molecule has 2 N–H and O–H groups in total. The summed E-state index contributed by atoms with van der Waals surface area (Å²) in [5.74, 6) is 0.922. The number of nitrogens with zero attached hydrogens (tertiary/aromatic N) is 2. The Labute approximate surface area is 169 Å². The fourth-order valence-corrected chi connectivity index (χ4v) is 2.73. The fraction of sp³-hybridized carbons (Fsp3) is 0.412. The van der Waals surface area contributed by atoms with Crippen LogP contribution >= 0.6 is 35.3 Å². The van der Waals surface area contributed by atoms with E-state index in [1.54, 1.807) is 23.5 Å². The Morgan fingerprint density at radius 1 is 1.40 bits per heavy atom. The number of benzene rings is 1. The smallest absolute Gasteiger partial charge is 0.191 e. The van der Waals surface area contributed by atoms with Gasteiger partial charge < -0.3 is 15.4 Å². The number of halogens is 2. The van der Waals surface area contributed by atoms with E-state index in [0.29, 0.717) is 24.8 Å². The predicted molar refractivity (Wildman–Crippen MR) is 112 cm³/mol. The number of ether oxygens (including phenoxy) is 1. The maximum atomic E-state index is 13.2. The van der Waals surface area contributed by atoms with E-state index in [4.69, 9.17) is 4.74 Å². The second-order valence-corrected chi connectivity index (χ2v) is 6.65. The number of nitrogens with one attached hydrogen (secondary N) is 2. The molecule has 0 aliphatic heterocycles. The number of rotatable bonds is 7. The van der Waals surface area contributed by atoms with Gasteiger partial charge in [-0.25, -0.2) is 14.4 Å². The summed E-state index contributed by atoms with van der Waals surface area (Å²) in [5.41, 5.74) is 0. The Morgan fingerprint density at radius 3 is 2.84 bits per heavy atom. The van der Waals surface area contributed by atoms with Crippen molar-refractivity contribution in [3.63, 3.8) is 0 Å². The topological polar surface area (TPSA) is 58.5 Å². The standard InChI is InChI=1S/C17H23FN4OS.HI/c1-4-19-17(22-11-16-20-10-13(3)24-16)21-9-12(2)23-15-7-5-6-14(18)8-15;/h5-8,10,12H,4,9,11H2,1-3H3,(H2,19,21,22);1H. The lowest BCUT2D eigenvalue weighted by Gasteiger charge is -2.17. The lowest BCUT2D eigenvalue weighted by Crippen LogP contribution is -2.41. The van der Waals surface area contributed by atoms with Gasteiger partial charge in [0.05, 0.1) is 13.1 Å². The third-order valence-corrected chi connectivity index (χ3v) is 3.97. The highest BCUT2D eigenvalue weighted by Crippen LogP contribution is 2.14. The number of hydrogen-bond acceptors (Lipinski definition) is 4. The molecular weight excluding hydrogens is 454 g/mol.